The van der Waals surface area contributed by atoms with Crippen LogP contribution < -0.4 is 5.32 Å². The lowest BCUT2D eigenvalue weighted by molar-refractivity contribution is 0.0656. The van der Waals surface area contributed by atoms with Gasteiger partial charge in [-0.05, 0) is 39.3 Å². The van der Waals surface area contributed by atoms with E-state index in [1.165, 1.54) is 0 Å². The average Bonchev–Trinajstić information content (AvgIpc) is 2.78. The third-order valence-corrected chi connectivity index (χ3v) is 3.24. The molecular weight excluding hydrogens is 216 g/mol. The van der Waals surface area contributed by atoms with Crippen molar-refractivity contribution < 1.29 is 4.79 Å². The summed E-state index contributed by atoms with van der Waals surface area (Å²) in [4.78, 5) is 14.2. The normalized spacial score (nSPS) is 20.2. The average molecular weight is 236 g/mol. The molecule has 1 aliphatic heterocycles. The first-order valence-electron chi connectivity index (χ1n) is 6.26. The molecule has 0 aromatic carbocycles. The topological polar surface area (TPSA) is 61.0 Å². The maximum atomic E-state index is 12.3. The van der Waals surface area contributed by atoms with E-state index in [0.29, 0.717) is 11.7 Å². The largest absolute Gasteiger partial charge is 0.333 e. The Hall–Kier alpha value is -1.36. The van der Waals surface area contributed by atoms with Crippen LogP contribution in [0.2, 0.25) is 0 Å². The third kappa shape index (κ3) is 2.66. The maximum absolute atomic E-state index is 12.3. The number of likely N-dealkylation sites (N-methyl/N-ethyl adjacent to an activating group) is 1. The molecule has 5 nitrogen and oxygen atoms in total. The summed E-state index contributed by atoms with van der Waals surface area (Å²) in [6.45, 7) is 6.61. The van der Waals surface area contributed by atoms with Crippen LogP contribution in [0, 0.1) is 6.92 Å². The molecule has 1 saturated heterocycles. The molecular formula is C12H20N4O. The first-order chi connectivity index (χ1) is 8.22. The van der Waals surface area contributed by atoms with E-state index in [9.17, 15) is 4.79 Å². The van der Waals surface area contributed by atoms with Crippen molar-refractivity contribution in [2.75, 3.05) is 19.6 Å². The van der Waals surface area contributed by atoms with E-state index in [-0.39, 0.29) is 5.91 Å². The molecule has 1 unspecified atom stereocenters. The van der Waals surface area contributed by atoms with Gasteiger partial charge in [-0.1, -0.05) is 0 Å². The van der Waals surface area contributed by atoms with E-state index in [4.69, 9.17) is 0 Å². The van der Waals surface area contributed by atoms with Crippen molar-refractivity contribution in [1.82, 2.24) is 20.4 Å². The minimum absolute atomic E-state index is 0.0329. The Morgan fingerprint density at radius 3 is 3.00 bits per heavy atom. The highest BCUT2D eigenvalue weighted by molar-refractivity contribution is 5.92. The number of amides is 1. The number of carbonyl (C=O) groups is 1. The zero-order valence-corrected chi connectivity index (χ0v) is 10.5. The van der Waals surface area contributed by atoms with Gasteiger partial charge in [-0.3, -0.25) is 9.89 Å². The molecule has 0 saturated carbocycles. The first kappa shape index (κ1) is 12.1. The Morgan fingerprint density at radius 1 is 1.65 bits per heavy atom. The lowest BCUT2D eigenvalue weighted by Crippen LogP contribution is -2.48. The summed E-state index contributed by atoms with van der Waals surface area (Å²) in [5.74, 6) is 0.0329. The zero-order valence-electron chi connectivity index (χ0n) is 10.5. The summed E-state index contributed by atoms with van der Waals surface area (Å²) < 4.78 is 0. The van der Waals surface area contributed by atoms with Crippen molar-refractivity contribution in [3.05, 3.63) is 17.5 Å². The number of hydrogen-bond acceptors (Lipinski definition) is 3. The highest BCUT2D eigenvalue weighted by atomic mass is 16.2. The molecule has 0 bridgehead atoms. The van der Waals surface area contributed by atoms with Crippen LogP contribution >= 0.6 is 0 Å². The van der Waals surface area contributed by atoms with E-state index < -0.39 is 0 Å². The lowest BCUT2D eigenvalue weighted by Gasteiger charge is -2.33. The Balaban J connectivity index is 2.09. The van der Waals surface area contributed by atoms with Crippen LogP contribution in [-0.2, 0) is 0 Å². The highest BCUT2D eigenvalue weighted by Gasteiger charge is 2.25. The van der Waals surface area contributed by atoms with Crippen LogP contribution in [0.1, 0.15) is 35.9 Å². The molecule has 2 N–H and O–H groups in total. The van der Waals surface area contributed by atoms with Gasteiger partial charge in [-0.15, -0.1) is 0 Å². The molecule has 5 heteroatoms. The lowest BCUT2D eigenvalue weighted by atomic mass is 10.1. The van der Waals surface area contributed by atoms with E-state index >= 15 is 0 Å². The molecule has 1 amide bonds. The van der Waals surface area contributed by atoms with Gasteiger partial charge in [0.2, 0.25) is 0 Å². The van der Waals surface area contributed by atoms with Gasteiger partial charge < -0.3 is 10.2 Å². The Bertz CT molecular complexity index is 382. The van der Waals surface area contributed by atoms with Crippen LogP contribution in [0.3, 0.4) is 0 Å². The highest BCUT2D eigenvalue weighted by Crippen LogP contribution is 2.13. The van der Waals surface area contributed by atoms with E-state index in [1.54, 1.807) is 6.07 Å². The number of rotatable bonds is 3. The van der Waals surface area contributed by atoms with Crippen LogP contribution in [0.15, 0.2) is 6.07 Å². The van der Waals surface area contributed by atoms with Crippen molar-refractivity contribution in [2.24, 2.45) is 0 Å². The number of piperidine rings is 1. The van der Waals surface area contributed by atoms with Crippen LogP contribution in [-0.4, -0.2) is 46.7 Å². The van der Waals surface area contributed by atoms with E-state index in [0.717, 1.165) is 38.2 Å². The quantitative estimate of drug-likeness (QED) is 0.821. The van der Waals surface area contributed by atoms with Crippen molar-refractivity contribution >= 4 is 5.91 Å². The van der Waals surface area contributed by atoms with Gasteiger partial charge in [-0.25, -0.2) is 0 Å². The van der Waals surface area contributed by atoms with Gasteiger partial charge in [0, 0.05) is 24.8 Å². The standard InChI is InChI=1S/C12H20N4O/c1-3-16(10-5-4-6-13-8-10)12(17)11-7-9(2)14-15-11/h7,10,13H,3-6,8H2,1-2H3,(H,14,15). The summed E-state index contributed by atoms with van der Waals surface area (Å²) in [6, 6.07) is 2.11. The smallest absolute Gasteiger partial charge is 0.274 e. The number of aryl methyl sites for hydroxylation is 1. The Kier molecular flexibility index (Phi) is 3.78. The summed E-state index contributed by atoms with van der Waals surface area (Å²) in [5, 5.41) is 10.2. The predicted molar refractivity (Wildman–Crippen MR) is 65.9 cm³/mol. The molecule has 2 rings (SSSR count). The second kappa shape index (κ2) is 5.31. The fourth-order valence-electron chi connectivity index (χ4n) is 2.34. The molecule has 94 valence electrons. The molecule has 0 radical (unpaired) electrons. The number of nitrogens with zero attached hydrogens (tertiary/aromatic N) is 2. The van der Waals surface area contributed by atoms with Crippen LogP contribution in [0.25, 0.3) is 0 Å². The predicted octanol–water partition coefficient (Wildman–Crippen LogP) is 0.932. The van der Waals surface area contributed by atoms with Gasteiger partial charge in [-0.2, -0.15) is 5.10 Å². The van der Waals surface area contributed by atoms with Gasteiger partial charge >= 0.3 is 0 Å². The molecule has 1 atom stereocenters. The number of aromatic nitrogens is 2. The Labute approximate surface area is 102 Å². The number of nitrogens with one attached hydrogen (secondary N) is 2. The van der Waals surface area contributed by atoms with Crippen LogP contribution in [0.5, 0.6) is 0 Å². The van der Waals surface area contributed by atoms with Gasteiger partial charge in [0.25, 0.3) is 5.91 Å². The minimum atomic E-state index is 0.0329. The number of hydrogen-bond donors (Lipinski definition) is 2. The molecule has 17 heavy (non-hydrogen) atoms. The van der Waals surface area contributed by atoms with Gasteiger partial charge in [0.1, 0.15) is 5.69 Å². The monoisotopic (exact) mass is 236 g/mol. The fraction of sp³-hybridized carbons (Fsp3) is 0.667. The molecule has 1 fully saturated rings. The number of carbonyl (C=O) groups excluding carboxylic acids is 1. The van der Waals surface area contributed by atoms with Crippen molar-refractivity contribution in [2.45, 2.75) is 32.7 Å². The summed E-state index contributed by atoms with van der Waals surface area (Å²) in [6.07, 6.45) is 2.21. The molecule has 1 aliphatic rings. The van der Waals surface area contributed by atoms with E-state index in [2.05, 4.69) is 15.5 Å². The first-order valence-corrected chi connectivity index (χ1v) is 6.26. The van der Waals surface area contributed by atoms with Crippen molar-refractivity contribution in [3.8, 4) is 0 Å². The molecule has 0 aliphatic carbocycles. The Morgan fingerprint density at radius 2 is 2.47 bits per heavy atom. The second-order valence-electron chi connectivity index (χ2n) is 4.53. The molecule has 0 spiro atoms. The summed E-state index contributed by atoms with van der Waals surface area (Å²) in [7, 11) is 0. The fourth-order valence-corrected chi connectivity index (χ4v) is 2.34. The summed E-state index contributed by atoms with van der Waals surface area (Å²) in [5.41, 5.74) is 1.45. The molecule has 1 aromatic heterocycles. The minimum Gasteiger partial charge on any atom is -0.333 e. The SMILES string of the molecule is CCN(C(=O)c1cc(C)[nH]n1)C1CCCNC1. The third-order valence-electron chi connectivity index (χ3n) is 3.24. The molecule has 1 aromatic rings. The number of H-pyrrole nitrogens is 1. The van der Waals surface area contributed by atoms with Crippen molar-refractivity contribution in [1.29, 1.82) is 0 Å². The second-order valence-corrected chi connectivity index (χ2v) is 4.53. The van der Waals surface area contributed by atoms with E-state index in [1.807, 2.05) is 18.7 Å². The van der Waals surface area contributed by atoms with Crippen molar-refractivity contribution in [3.63, 3.8) is 0 Å². The number of aromatic amines is 1. The molecule has 2 heterocycles. The summed E-state index contributed by atoms with van der Waals surface area (Å²) >= 11 is 0. The maximum Gasteiger partial charge on any atom is 0.274 e. The zero-order chi connectivity index (χ0) is 12.3. The van der Waals surface area contributed by atoms with Crippen LogP contribution in [0.4, 0.5) is 0 Å². The van der Waals surface area contributed by atoms with Gasteiger partial charge in [0.15, 0.2) is 0 Å². The van der Waals surface area contributed by atoms with Gasteiger partial charge in [0.05, 0.1) is 0 Å².